The van der Waals surface area contributed by atoms with E-state index < -0.39 is 0 Å². The lowest BCUT2D eigenvalue weighted by atomic mass is 10.1. The molecule has 0 aliphatic rings. The predicted octanol–water partition coefficient (Wildman–Crippen LogP) is 2.22. The van der Waals surface area contributed by atoms with Crippen molar-refractivity contribution in [2.75, 3.05) is 5.88 Å². The molecule has 0 amide bonds. The van der Waals surface area contributed by atoms with Crippen molar-refractivity contribution in [2.45, 2.75) is 12.8 Å². The van der Waals surface area contributed by atoms with Crippen LogP contribution in [0.1, 0.15) is 23.2 Å². The van der Waals surface area contributed by atoms with Gasteiger partial charge in [0.15, 0.2) is 5.78 Å². The maximum atomic E-state index is 11.2. The lowest BCUT2D eigenvalue weighted by molar-refractivity contribution is 0.0982. The molecular weight excluding hydrogens is 162 g/mol. The largest absolute Gasteiger partial charge is 0.367 e. The molecule has 0 atom stereocenters. The standard InChI is InChI=1S/C8H10ClNO/c9-4-1-2-8(11)7-3-5-10-6-7/h3,5-6,10H,1-2,4H2. The summed E-state index contributed by atoms with van der Waals surface area (Å²) in [6.07, 6.45) is 4.75. The van der Waals surface area contributed by atoms with Crippen LogP contribution in [-0.4, -0.2) is 16.6 Å². The molecule has 0 aliphatic carbocycles. The average molecular weight is 172 g/mol. The summed E-state index contributed by atoms with van der Waals surface area (Å²) >= 11 is 5.45. The molecule has 1 N–H and O–H groups in total. The maximum absolute atomic E-state index is 11.2. The van der Waals surface area contributed by atoms with Crippen molar-refractivity contribution >= 4 is 17.4 Å². The van der Waals surface area contributed by atoms with Gasteiger partial charge in [-0.25, -0.2) is 0 Å². The van der Waals surface area contributed by atoms with Crippen LogP contribution in [0.15, 0.2) is 18.5 Å². The molecule has 0 bridgehead atoms. The summed E-state index contributed by atoms with van der Waals surface area (Å²) < 4.78 is 0. The molecule has 0 saturated heterocycles. The number of halogens is 1. The topological polar surface area (TPSA) is 32.9 Å². The van der Waals surface area contributed by atoms with Gasteiger partial charge in [-0.05, 0) is 12.5 Å². The van der Waals surface area contributed by atoms with E-state index in [4.69, 9.17) is 11.6 Å². The van der Waals surface area contributed by atoms with E-state index in [2.05, 4.69) is 4.98 Å². The van der Waals surface area contributed by atoms with Gasteiger partial charge in [0.25, 0.3) is 0 Å². The quantitative estimate of drug-likeness (QED) is 0.547. The lowest BCUT2D eigenvalue weighted by Gasteiger charge is -1.93. The first-order valence-electron chi connectivity index (χ1n) is 3.56. The molecule has 2 nitrogen and oxygen atoms in total. The Bertz CT molecular complexity index is 218. The van der Waals surface area contributed by atoms with Crippen molar-refractivity contribution in [3.63, 3.8) is 0 Å². The molecule has 1 aromatic rings. The molecule has 0 aliphatic heterocycles. The van der Waals surface area contributed by atoms with Crippen LogP contribution in [0.4, 0.5) is 0 Å². The molecule has 1 aromatic heterocycles. The summed E-state index contributed by atoms with van der Waals surface area (Å²) in [6.45, 7) is 0. The fourth-order valence-corrected chi connectivity index (χ4v) is 1.00. The minimum atomic E-state index is 0.159. The van der Waals surface area contributed by atoms with Crippen LogP contribution >= 0.6 is 11.6 Å². The van der Waals surface area contributed by atoms with Crippen molar-refractivity contribution in [1.29, 1.82) is 0 Å². The van der Waals surface area contributed by atoms with E-state index in [0.29, 0.717) is 12.3 Å². The molecule has 0 fully saturated rings. The van der Waals surface area contributed by atoms with E-state index in [1.807, 2.05) is 0 Å². The number of Topliss-reactive ketones (excluding diaryl/α,β-unsaturated/α-hetero) is 1. The molecule has 0 aromatic carbocycles. The van der Waals surface area contributed by atoms with Gasteiger partial charge in [-0.15, -0.1) is 11.6 Å². The Morgan fingerprint density at radius 3 is 3.00 bits per heavy atom. The minimum absolute atomic E-state index is 0.159. The highest BCUT2D eigenvalue weighted by molar-refractivity contribution is 6.18. The van der Waals surface area contributed by atoms with E-state index >= 15 is 0 Å². The van der Waals surface area contributed by atoms with E-state index in [0.717, 1.165) is 12.0 Å². The number of aromatic amines is 1. The van der Waals surface area contributed by atoms with Crippen molar-refractivity contribution in [1.82, 2.24) is 4.98 Å². The third-order valence-electron chi connectivity index (χ3n) is 1.46. The van der Waals surface area contributed by atoms with Crippen LogP contribution in [0, 0.1) is 0 Å². The van der Waals surface area contributed by atoms with Gasteiger partial charge in [-0.1, -0.05) is 0 Å². The number of carbonyl (C=O) groups is 1. The second-order valence-electron chi connectivity index (χ2n) is 2.32. The maximum Gasteiger partial charge on any atom is 0.164 e. The molecular formula is C8H10ClNO. The zero-order chi connectivity index (χ0) is 8.10. The van der Waals surface area contributed by atoms with E-state index in [-0.39, 0.29) is 5.78 Å². The molecule has 11 heavy (non-hydrogen) atoms. The van der Waals surface area contributed by atoms with Gasteiger partial charge in [0, 0.05) is 30.3 Å². The minimum Gasteiger partial charge on any atom is -0.367 e. The van der Waals surface area contributed by atoms with Crippen molar-refractivity contribution < 1.29 is 4.79 Å². The SMILES string of the molecule is O=C(CCCCl)c1cc[nH]c1. The van der Waals surface area contributed by atoms with Crippen LogP contribution < -0.4 is 0 Å². The number of nitrogens with one attached hydrogen (secondary N) is 1. The first-order chi connectivity index (χ1) is 5.34. The third kappa shape index (κ3) is 2.39. The molecule has 0 saturated carbocycles. The van der Waals surface area contributed by atoms with E-state index in [1.165, 1.54) is 0 Å². The van der Waals surface area contributed by atoms with Gasteiger partial charge in [0.2, 0.25) is 0 Å². The fraction of sp³-hybridized carbons (Fsp3) is 0.375. The predicted molar refractivity (Wildman–Crippen MR) is 45.1 cm³/mol. The fourth-order valence-electron chi connectivity index (χ4n) is 0.869. The third-order valence-corrected chi connectivity index (χ3v) is 1.72. The Morgan fingerprint density at radius 2 is 2.45 bits per heavy atom. The summed E-state index contributed by atoms with van der Waals surface area (Å²) in [7, 11) is 0. The van der Waals surface area contributed by atoms with E-state index in [9.17, 15) is 4.79 Å². The normalized spacial score (nSPS) is 9.91. The van der Waals surface area contributed by atoms with Crippen LogP contribution in [0.5, 0.6) is 0 Å². The first kappa shape index (κ1) is 8.34. The first-order valence-corrected chi connectivity index (χ1v) is 4.10. The van der Waals surface area contributed by atoms with Crippen molar-refractivity contribution in [3.8, 4) is 0 Å². The number of hydrogen-bond donors (Lipinski definition) is 1. The Balaban J connectivity index is 2.43. The molecule has 1 heterocycles. The average Bonchev–Trinajstić information content (AvgIpc) is 2.52. The Morgan fingerprint density at radius 1 is 1.64 bits per heavy atom. The highest BCUT2D eigenvalue weighted by Crippen LogP contribution is 2.04. The second kappa shape index (κ2) is 4.19. The number of aromatic nitrogens is 1. The smallest absolute Gasteiger partial charge is 0.164 e. The summed E-state index contributed by atoms with van der Waals surface area (Å²) in [4.78, 5) is 14.0. The van der Waals surface area contributed by atoms with Gasteiger partial charge in [0.1, 0.15) is 0 Å². The van der Waals surface area contributed by atoms with Crippen LogP contribution in [0.3, 0.4) is 0 Å². The Kier molecular flexibility index (Phi) is 3.17. The van der Waals surface area contributed by atoms with Crippen LogP contribution in [0.25, 0.3) is 0 Å². The molecule has 0 unspecified atom stereocenters. The highest BCUT2D eigenvalue weighted by atomic mass is 35.5. The van der Waals surface area contributed by atoms with Crippen LogP contribution in [-0.2, 0) is 0 Å². The number of rotatable bonds is 4. The van der Waals surface area contributed by atoms with Gasteiger partial charge in [-0.2, -0.15) is 0 Å². The molecule has 60 valence electrons. The lowest BCUT2D eigenvalue weighted by Crippen LogP contribution is -1.96. The number of alkyl halides is 1. The van der Waals surface area contributed by atoms with Gasteiger partial charge in [0.05, 0.1) is 0 Å². The molecule has 0 radical (unpaired) electrons. The number of carbonyl (C=O) groups excluding carboxylic acids is 1. The highest BCUT2D eigenvalue weighted by Gasteiger charge is 2.03. The van der Waals surface area contributed by atoms with Gasteiger partial charge < -0.3 is 4.98 Å². The Labute approximate surface area is 70.6 Å². The van der Waals surface area contributed by atoms with Crippen molar-refractivity contribution in [3.05, 3.63) is 24.0 Å². The second-order valence-corrected chi connectivity index (χ2v) is 2.69. The van der Waals surface area contributed by atoms with Crippen LogP contribution in [0.2, 0.25) is 0 Å². The molecule has 0 spiro atoms. The monoisotopic (exact) mass is 171 g/mol. The summed E-state index contributed by atoms with van der Waals surface area (Å²) in [6, 6.07) is 1.77. The molecule has 1 rings (SSSR count). The van der Waals surface area contributed by atoms with Crippen molar-refractivity contribution in [2.24, 2.45) is 0 Å². The zero-order valence-electron chi connectivity index (χ0n) is 6.14. The number of H-pyrrole nitrogens is 1. The Hall–Kier alpha value is -0.760. The summed E-state index contributed by atoms with van der Waals surface area (Å²) in [5.41, 5.74) is 0.745. The summed E-state index contributed by atoms with van der Waals surface area (Å²) in [5.74, 6) is 0.711. The number of hydrogen-bond acceptors (Lipinski definition) is 1. The summed E-state index contributed by atoms with van der Waals surface area (Å²) in [5, 5.41) is 0. The zero-order valence-corrected chi connectivity index (χ0v) is 6.90. The van der Waals surface area contributed by atoms with E-state index in [1.54, 1.807) is 18.5 Å². The molecule has 3 heteroatoms. The van der Waals surface area contributed by atoms with Gasteiger partial charge >= 0.3 is 0 Å². The van der Waals surface area contributed by atoms with Gasteiger partial charge in [-0.3, -0.25) is 4.79 Å². The number of ketones is 1.